The Morgan fingerprint density at radius 2 is 1.79 bits per heavy atom. The molecule has 3 aromatic carbocycles. The number of carbonyl (C=O) groups is 2. The number of aliphatic carboxylic acids is 1. The molecule has 0 saturated carbocycles. The molecule has 1 heterocycles. The summed E-state index contributed by atoms with van der Waals surface area (Å²) in [4.78, 5) is 29.0. The van der Waals surface area contributed by atoms with E-state index in [9.17, 15) is 19.2 Å². The van der Waals surface area contributed by atoms with Gasteiger partial charge in [0.15, 0.2) is 16.1 Å². The van der Waals surface area contributed by atoms with Crippen molar-refractivity contribution in [2.45, 2.75) is 16.6 Å². The zero-order valence-corrected chi connectivity index (χ0v) is 19.0. The first-order valence-corrected chi connectivity index (χ1v) is 11.9. The van der Waals surface area contributed by atoms with Gasteiger partial charge in [-0.25, -0.2) is 0 Å². The average molecular weight is 477 g/mol. The molecule has 0 aliphatic carbocycles. The van der Waals surface area contributed by atoms with Crippen LogP contribution in [0.2, 0.25) is 0 Å². The Morgan fingerprint density at radius 1 is 1.03 bits per heavy atom. The highest BCUT2D eigenvalue weighted by Crippen LogP contribution is 2.33. The fourth-order valence-electron chi connectivity index (χ4n) is 3.57. The molecule has 2 unspecified atom stereocenters. The van der Waals surface area contributed by atoms with E-state index in [0.717, 1.165) is 12.2 Å². The van der Waals surface area contributed by atoms with E-state index >= 15 is 0 Å². The first-order chi connectivity index (χ1) is 16.5. The van der Waals surface area contributed by atoms with Crippen molar-refractivity contribution in [3.63, 3.8) is 0 Å². The van der Waals surface area contributed by atoms with Crippen LogP contribution in [0.25, 0.3) is 0 Å². The van der Waals surface area contributed by atoms with Crippen molar-refractivity contribution in [2.75, 3.05) is 23.7 Å². The number of carboxylic acid groups (broad SMARTS) is 1. The van der Waals surface area contributed by atoms with Crippen molar-refractivity contribution >= 4 is 40.4 Å². The third-order valence-corrected chi connectivity index (χ3v) is 6.85. The first-order valence-electron chi connectivity index (χ1n) is 10.7. The number of benzene rings is 3. The van der Waals surface area contributed by atoms with Gasteiger partial charge in [-0.3, -0.25) is 14.6 Å². The number of guanidine groups is 1. The van der Waals surface area contributed by atoms with Crippen LogP contribution in [0.5, 0.6) is 0 Å². The third kappa shape index (κ3) is 5.94. The second-order valence-corrected chi connectivity index (χ2v) is 9.27. The fourth-order valence-corrected chi connectivity index (χ4v) is 5.05. The van der Waals surface area contributed by atoms with Gasteiger partial charge in [-0.1, -0.05) is 42.5 Å². The maximum Gasteiger partial charge on any atom is 0.308 e. The predicted molar refractivity (Wildman–Crippen MR) is 133 cm³/mol. The molecular formula is C25H24N4O4S. The minimum absolute atomic E-state index is 0.271. The molecular weight excluding hydrogens is 452 g/mol. The van der Waals surface area contributed by atoms with Crippen molar-refractivity contribution in [1.29, 1.82) is 0 Å². The number of anilines is 2. The summed E-state index contributed by atoms with van der Waals surface area (Å²) in [7, 11) is 0. The lowest BCUT2D eigenvalue weighted by molar-refractivity contribution is -0.137. The maximum atomic E-state index is 13.3. The smallest absolute Gasteiger partial charge is 0.308 e. The summed E-state index contributed by atoms with van der Waals surface area (Å²) in [5.41, 5.74) is 2.33. The molecule has 0 saturated heterocycles. The summed E-state index contributed by atoms with van der Waals surface area (Å²) in [6, 6.07) is 22.6. The largest absolute Gasteiger partial charge is 0.611 e. The molecule has 174 valence electrons. The molecule has 9 heteroatoms. The van der Waals surface area contributed by atoms with Gasteiger partial charge in [0.2, 0.25) is 0 Å². The molecule has 34 heavy (non-hydrogen) atoms. The van der Waals surface area contributed by atoms with E-state index in [4.69, 9.17) is 0 Å². The van der Waals surface area contributed by atoms with Gasteiger partial charge < -0.3 is 25.6 Å². The fraction of sp³-hybridized carbons (Fsp3) is 0.160. The van der Waals surface area contributed by atoms with E-state index in [1.54, 1.807) is 66.7 Å². The van der Waals surface area contributed by atoms with Crippen molar-refractivity contribution in [1.82, 2.24) is 5.32 Å². The standard InChI is InChI=1S/C25H24N4O4S/c30-23(31)16-22(17-6-2-1-3-7-17)34(33)21-11-5-10-20(15-21)28-24(32)18-8-4-9-19(14-18)29-25-26-12-13-27-25/h1-11,14-15,22H,12-13,16H2,(H,28,32)(H,30,31)(H2,26,27,29). The second-order valence-electron chi connectivity index (χ2n) is 7.64. The normalized spacial score (nSPS) is 14.4. The van der Waals surface area contributed by atoms with Crippen molar-refractivity contribution in [3.05, 3.63) is 90.0 Å². The number of nitrogens with one attached hydrogen (secondary N) is 3. The predicted octanol–water partition coefficient (Wildman–Crippen LogP) is 3.63. The quantitative estimate of drug-likeness (QED) is 0.368. The monoisotopic (exact) mass is 476 g/mol. The van der Waals surface area contributed by atoms with Crippen LogP contribution in [-0.4, -0.2) is 40.6 Å². The summed E-state index contributed by atoms with van der Waals surface area (Å²) < 4.78 is 13.3. The van der Waals surface area contributed by atoms with Crippen LogP contribution in [0.3, 0.4) is 0 Å². The molecule has 0 radical (unpaired) electrons. The highest BCUT2D eigenvalue weighted by molar-refractivity contribution is 7.91. The molecule has 4 rings (SSSR count). The Kier molecular flexibility index (Phi) is 7.46. The van der Waals surface area contributed by atoms with Gasteiger partial charge in [0, 0.05) is 35.1 Å². The number of hydrogen-bond donors (Lipinski definition) is 4. The number of carbonyl (C=O) groups excluding carboxylic acids is 1. The van der Waals surface area contributed by atoms with Gasteiger partial charge in [-0.2, -0.15) is 0 Å². The Hall–Kier alpha value is -3.82. The van der Waals surface area contributed by atoms with E-state index in [2.05, 4.69) is 20.9 Å². The number of carboxylic acids is 1. The Bertz CT molecular complexity index is 1200. The SMILES string of the molecule is O=C(O)CC(c1ccccc1)[S+]([O-])c1cccc(NC(=O)c2cccc(NC3=NCCN3)c2)c1. The lowest BCUT2D eigenvalue weighted by Crippen LogP contribution is -2.26. The minimum Gasteiger partial charge on any atom is -0.611 e. The summed E-state index contributed by atoms with van der Waals surface area (Å²) >= 11 is -1.63. The second kappa shape index (κ2) is 10.9. The van der Waals surface area contributed by atoms with E-state index < -0.39 is 22.4 Å². The first kappa shape index (κ1) is 23.3. The minimum atomic E-state index is -1.63. The van der Waals surface area contributed by atoms with Crippen molar-refractivity contribution in [2.24, 2.45) is 4.99 Å². The van der Waals surface area contributed by atoms with Gasteiger partial charge in [0.1, 0.15) is 0 Å². The lowest BCUT2D eigenvalue weighted by atomic mass is 10.1. The number of rotatable bonds is 8. The molecule has 3 aromatic rings. The molecule has 8 nitrogen and oxygen atoms in total. The summed E-state index contributed by atoms with van der Waals surface area (Å²) in [6.45, 7) is 1.48. The highest BCUT2D eigenvalue weighted by atomic mass is 32.2. The zero-order valence-electron chi connectivity index (χ0n) is 18.2. The van der Waals surface area contributed by atoms with Crippen LogP contribution in [0.15, 0.2) is 88.8 Å². The lowest BCUT2D eigenvalue weighted by Gasteiger charge is -2.21. The zero-order chi connectivity index (χ0) is 23.9. The third-order valence-electron chi connectivity index (χ3n) is 5.18. The van der Waals surface area contributed by atoms with Crippen LogP contribution in [0.1, 0.15) is 27.6 Å². The number of amides is 1. The topological polar surface area (TPSA) is 126 Å². The molecule has 1 amide bonds. The molecule has 2 atom stereocenters. The molecule has 0 fully saturated rings. The molecule has 0 aromatic heterocycles. The summed E-state index contributed by atoms with van der Waals surface area (Å²) in [6.07, 6.45) is -0.271. The number of aliphatic imine (C=N–C) groups is 1. The van der Waals surface area contributed by atoms with E-state index in [1.165, 1.54) is 0 Å². The van der Waals surface area contributed by atoms with E-state index in [1.807, 2.05) is 12.1 Å². The Morgan fingerprint density at radius 3 is 2.53 bits per heavy atom. The van der Waals surface area contributed by atoms with E-state index in [0.29, 0.717) is 34.2 Å². The van der Waals surface area contributed by atoms with Crippen LogP contribution >= 0.6 is 0 Å². The van der Waals surface area contributed by atoms with Crippen molar-refractivity contribution in [3.8, 4) is 0 Å². The summed E-state index contributed by atoms with van der Waals surface area (Å²) in [5.74, 6) is -0.681. The van der Waals surface area contributed by atoms with Gasteiger partial charge in [-0.05, 0) is 41.5 Å². The Balaban J connectivity index is 1.49. The number of hydrogen-bond acceptors (Lipinski definition) is 6. The van der Waals surface area contributed by atoms with Gasteiger partial charge >= 0.3 is 5.97 Å². The summed E-state index contributed by atoms with van der Waals surface area (Å²) in [5, 5.41) is 17.7. The van der Waals surface area contributed by atoms with Gasteiger partial charge in [0.25, 0.3) is 5.91 Å². The maximum absolute atomic E-state index is 13.3. The van der Waals surface area contributed by atoms with Crippen LogP contribution in [0.4, 0.5) is 11.4 Å². The average Bonchev–Trinajstić information content (AvgIpc) is 3.36. The highest BCUT2D eigenvalue weighted by Gasteiger charge is 2.29. The van der Waals surface area contributed by atoms with Crippen LogP contribution < -0.4 is 16.0 Å². The molecule has 4 N–H and O–H groups in total. The molecule has 1 aliphatic heterocycles. The Labute approximate surface area is 200 Å². The van der Waals surface area contributed by atoms with Crippen molar-refractivity contribution < 1.29 is 19.2 Å². The molecule has 1 aliphatic rings. The van der Waals surface area contributed by atoms with Gasteiger partial charge in [0.05, 0.1) is 13.0 Å². The molecule has 0 bridgehead atoms. The van der Waals surface area contributed by atoms with Crippen LogP contribution in [0, 0.1) is 0 Å². The number of nitrogens with zero attached hydrogens (tertiary/aromatic N) is 1. The van der Waals surface area contributed by atoms with Gasteiger partial charge in [-0.15, -0.1) is 0 Å². The van der Waals surface area contributed by atoms with E-state index in [-0.39, 0.29) is 12.3 Å². The van der Waals surface area contributed by atoms with Crippen LogP contribution in [-0.2, 0) is 16.0 Å². The molecule has 0 spiro atoms.